The number of hydrogen-bond donors (Lipinski definition) is 0. The second-order valence-corrected chi connectivity index (χ2v) is 4.63. The summed E-state index contributed by atoms with van der Waals surface area (Å²) in [5, 5.41) is 0.927. The van der Waals surface area contributed by atoms with Crippen LogP contribution in [0.25, 0.3) is 22.3 Å². The summed E-state index contributed by atoms with van der Waals surface area (Å²) in [4.78, 5) is 13.1. The Labute approximate surface area is 113 Å². The van der Waals surface area contributed by atoms with E-state index in [0.717, 1.165) is 0 Å². The standard InChI is InChI=1S/C12H8Cl2N4/c1-2-3-18-6-15-11-12(18)17-10-5-8(14)7(13)4-9(10)16-11/h2,4-6H,1,3H2. The SMILES string of the molecule is C=CCn1cnc2nc3cc(Cl)c(Cl)cc3nc21. The number of halogens is 2. The Bertz CT molecular complexity index is 763. The van der Waals surface area contributed by atoms with Crippen molar-refractivity contribution in [2.75, 3.05) is 0 Å². The molecule has 0 bridgehead atoms. The lowest BCUT2D eigenvalue weighted by Gasteiger charge is -2.02. The van der Waals surface area contributed by atoms with Crippen LogP contribution in [0.3, 0.4) is 0 Å². The third-order valence-electron chi connectivity index (χ3n) is 2.59. The van der Waals surface area contributed by atoms with Gasteiger partial charge in [-0.1, -0.05) is 29.3 Å². The molecule has 0 radical (unpaired) electrons. The maximum atomic E-state index is 5.98. The average molecular weight is 279 g/mol. The van der Waals surface area contributed by atoms with Crippen molar-refractivity contribution in [2.24, 2.45) is 0 Å². The minimum atomic E-state index is 0.461. The van der Waals surface area contributed by atoms with Crippen molar-refractivity contribution in [2.45, 2.75) is 6.54 Å². The molecule has 18 heavy (non-hydrogen) atoms. The lowest BCUT2D eigenvalue weighted by molar-refractivity contribution is 0.841. The lowest BCUT2D eigenvalue weighted by atomic mass is 10.3. The van der Waals surface area contributed by atoms with E-state index < -0.39 is 0 Å². The van der Waals surface area contributed by atoms with Gasteiger partial charge in [0.05, 0.1) is 27.4 Å². The third-order valence-corrected chi connectivity index (χ3v) is 3.31. The molecule has 90 valence electrons. The van der Waals surface area contributed by atoms with Crippen LogP contribution in [0.15, 0.2) is 31.1 Å². The predicted molar refractivity (Wildman–Crippen MR) is 73.0 cm³/mol. The molecule has 6 heteroatoms. The molecule has 1 aromatic carbocycles. The average Bonchev–Trinajstić information content (AvgIpc) is 2.71. The molecule has 0 aliphatic rings. The van der Waals surface area contributed by atoms with E-state index in [9.17, 15) is 0 Å². The van der Waals surface area contributed by atoms with E-state index in [1.807, 2.05) is 4.57 Å². The van der Waals surface area contributed by atoms with Crippen molar-refractivity contribution in [3.8, 4) is 0 Å². The summed E-state index contributed by atoms with van der Waals surface area (Å²) >= 11 is 11.9. The highest BCUT2D eigenvalue weighted by atomic mass is 35.5. The number of aromatic nitrogens is 4. The molecule has 0 fully saturated rings. The summed E-state index contributed by atoms with van der Waals surface area (Å²) < 4.78 is 1.87. The molecule has 3 aromatic rings. The van der Waals surface area contributed by atoms with Gasteiger partial charge in [-0.3, -0.25) is 0 Å². The lowest BCUT2D eigenvalue weighted by Crippen LogP contribution is -1.95. The highest BCUT2D eigenvalue weighted by molar-refractivity contribution is 6.42. The number of rotatable bonds is 2. The minimum Gasteiger partial charge on any atom is -0.310 e. The monoisotopic (exact) mass is 278 g/mol. The van der Waals surface area contributed by atoms with Crippen LogP contribution in [0.5, 0.6) is 0 Å². The van der Waals surface area contributed by atoms with Crippen LogP contribution >= 0.6 is 23.2 Å². The van der Waals surface area contributed by atoms with Gasteiger partial charge in [0.1, 0.15) is 0 Å². The molecule has 0 saturated heterocycles. The molecule has 3 rings (SSSR count). The zero-order valence-electron chi connectivity index (χ0n) is 9.27. The summed E-state index contributed by atoms with van der Waals surface area (Å²) in [7, 11) is 0. The maximum Gasteiger partial charge on any atom is 0.198 e. The Kier molecular flexibility index (Phi) is 2.69. The van der Waals surface area contributed by atoms with Gasteiger partial charge in [0.25, 0.3) is 0 Å². The van der Waals surface area contributed by atoms with Gasteiger partial charge in [-0.15, -0.1) is 6.58 Å². The molecule has 0 spiro atoms. The zero-order chi connectivity index (χ0) is 12.7. The van der Waals surface area contributed by atoms with Crippen LogP contribution in [0.2, 0.25) is 10.0 Å². The van der Waals surface area contributed by atoms with Crippen molar-refractivity contribution >= 4 is 45.5 Å². The molecule has 2 heterocycles. The summed E-state index contributed by atoms with van der Waals surface area (Å²) in [5.41, 5.74) is 2.67. The summed E-state index contributed by atoms with van der Waals surface area (Å²) in [6.45, 7) is 4.33. The van der Waals surface area contributed by atoms with Crippen LogP contribution < -0.4 is 0 Å². The van der Waals surface area contributed by atoms with Crippen molar-refractivity contribution in [3.63, 3.8) is 0 Å². The fourth-order valence-corrected chi connectivity index (χ4v) is 2.08. The van der Waals surface area contributed by atoms with Crippen LogP contribution in [0.4, 0.5) is 0 Å². The van der Waals surface area contributed by atoms with E-state index in [1.54, 1.807) is 24.5 Å². The smallest absolute Gasteiger partial charge is 0.198 e. The topological polar surface area (TPSA) is 43.6 Å². The molecule has 0 N–H and O–H groups in total. The molecular formula is C12H8Cl2N4. The molecule has 0 amide bonds. The van der Waals surface area contributed by atoms with Crippen LogP contribution in [0.1, 0.15) is 0 Å². The van der Waals surface area contributed by atoms with E-state index in [2.05, 4.69) is 21.5 Å². The number of hydrogen-bond acceptors (Lipinski definition) is 3. The van der Waals surface area contributed by atoms with Crippen molar-refractivity contribution in [1.82, 2.24) is 19.5 Å². The van der Waals surface area contributed by atoms with Gasteiger partial charge in [0, 0.05) is 6.54 Å². The first-order valence-electron chi connectivity index (χ1n) is 5.27. The van der Waals surface area contributed by atoms with E-state index >= 15 is 0 Å². The van der Waals surface area contributed by atoms with Crippen LogP contribution in [0, 0.1) is 0 Å². The Morgan fingerprint density at radius 2 is 1.83 bits per heavy atom. The van der Waals surface area contributed by atoms with Gasteiger partial charge in [0.15, 0.2) is 11.3 Å². The van der Waals surface area contributed by atoms with Gasteiger partial charge in [-0.25, -0.2) is 15.0 Å². The first kappa shape index (κ1) is 11.4. The fourth-order valence-electron chi connectivity index (χ4n) is 1.76. The Hall–Kier alpha value is -1.65. The number of allylic oxidation sites excluding steroid dienone is 1. The number of fused-ring (bicyclic) bond motifs is 2. The molecule has 0 unspecified atom stereocenters. The van der Waals surface area contributed by atoms with Gasteiger partial charge in [-0.05, 0) is 12.1 Å². The summed E-state index contributed by atoms with van der Waals surface area (Å²) in [5.74, 6) is 0. The quantitative estimate of drug-likeness (QED) is 0.674. The highest BCUT2D eigenvalue weighted by Crippen LogP contribution is 2.26. The first-order chi connectivity index (χ1) is 8.69. The predicted octanol–water partition coefficient (Wildman–Crippen LogP) is 3.47. The first-order valence-corrected chi connectivity index (χ1v) is 6.03. The van der Waals surface area contributed by atoms with Crippen molar-refractivity contribution < 1.29 is 0 Å². The largest absolute Gasteiger partial charge is 0.310 e. The van der Waals surface area contributed by atoms with Gasteiger partial charge >= 0.3 is 0 Å². The second kappa shape index (κ2) is 4.23. The number of nitrogens with zero attached hydrogens (tertiary/aromatic N) is 4. The summed E-state index contributed by atoms with van der Waals surface area (Å²) in [6, 6.07) is 3.40. The fraction of sp³-hybridized carbons (Fsp3) is 0.0833. The van der Waals surface area contributed by atoms with Gasteiger partial charge < -0.3 is 4.57 Å². The molecule has 0 atom stereocenters. The van der Waals surface area contributed by atoms with Crippen molar-refractivity contribution in [1.29, 1.82) is 0 Å². The third kappa shape index (κ3) is 1.74. The minimum absolute atomic E-state index is 0.461. The highest BCUT2D eigenvalue weighted by Gasteiger charge is 2.09. The molecule has 0 aliphatic heterocycles. The molecular weight excluding hydrogens is 271 g/mol. The van der Waals surface area contributed by atoms with Crippen LogP contribution in [-0.4, -0.2) is 19.5 Å². The Balaban J connectivity index is 2.34. The van der Waals surface area contributed by atoms with Crippen LogP contribution in [-0.2, 0) is 6.54 Å². The summed E-state index contributed by atoms with van der Waals surface area (Å²) in [6.07, 6.45) is 3.47. The maximum absolute atomic E-state index is 5.98. The number of benzene rings is 1. The number of imidazole rings is 1. The van der Waals surface area contributed by atoms with Gasteiger partial charge in [0.2, 0.25) is 0 Å². The Morgan fingerprint density at radius 3 is 2.50 bits per heavy atom. The molecule has 0 saturated carbocycles. The molecule has 4 nitrogen and oxygen atoms in total. The van der Waals surface area contributed by atoms with Gasteiger partial charge in [-0.2, -0.15) is 0 Å². The van der Waals surface area contributed by atoms with Crippen molar-refractivity contribution in [3.05, 3.63) is 41.2 Å². The second-order valence-electron chi connectivity index (χ2n) is 3.81. The normalized spacial score (nSPS) is 11.2. The van der Waals surface area contributed by atoms with E-state index in [-0.39, 0.29) is 0 Å². The Morgan fingerprint density at radius 1 is 1.17 bits per heavy atom. The van der Waals surface area contributed by atoms with E-state index in [0.29, 0.717) is 38.9 Å². The van der Waals surface area contributed by atoms with E-state index in [4.69, 9.17) is 23.2 Å². The molecule has 2 aromatic heterocycles. The van der Waals surface area contributed by atoms with E-state index in [1.165, 1.54) is 0 Å². The zero-order valence-corrected chi connectivity index (χ0v) is 10.8. The molecule has 0 aliphatic carbocycles.